The van der Waals surface area contributed by atoms with Gasteiger partial charge in [0.1, 0.15) is 5.71 Å². The quantitative estimate of drug-likeness (QED) is 0.434. The summed E-state index contributed by atoms with van der Waals surface area (Å²) >= 11 is 0. The number of nitrogens with two attached hydrogens (primary N) is 2. The molecule has 68 valence electrons. The number of carboxylic acids is 1. The van der Waals surface area contributed by atoms with Crippen LogP contribution in [0.3, 0.4) is 0 Å². The minimum absolute atomic E-state index is 0.122. The van der Waals surface area contributed by atoms with E-state index in [0.29, 0.717) is 12.1 Å². The third kappa shape index (κ3) is 4.45. The van der Waals surface area contributed by atoms with Crippen LogP contribution in [0, 0.1) is 5.41 Å². The van der Waals surface area contributed by atoms with Gasteiger partial charge in [-0.05, 0) is 13.0 Å². The number of carboxylic acid groups (broad SMARTS) is 1. The molecule has 0 saturated carbocycles. The first kappa shape index (κ1) is 10.6. The van der Waals surface area contributed by atoms with E-state index >= 15 is 0 Å². The van der Waals surface area contributed by atoms with Crippen molar-refractivity contribution in [2.24, 2.45) is 11.5 Å². The average molecular weight is 171 g/mol. The van der Waals surface area contributed by atoms with Crippen molar-refractivity contribution in [3.05, 3.63) is 11.8 Å². The molecule has 0 heterocycles. The van der Waals surface area contributed by atoms with E-state index in [1.807, 2.05) is 0 Å². The fourth-order valence-corrected chi connectivity index (χ4v) is 0.678. The monoisotopic (exact) mass is 171 g/mol. The average Bonchev–Trinajstić information content (AvgIpc) is 1.84. The highest BCUT2D eigenvalue weighted by Crippen LogP contribution is 1.96. The van der Waals surface area contributed by atoms with Gasteiger partial charge in [-0.3, -0.25) is 5.41 Å². The number of carbonyl (C=O) groups is 1. The lowest BCUT2D eigenvalue weighted by Crippen LogP contribution is -2.19. The first-order valence-electron chi connectivity index (χ1n) is 3.47. The van der Waals surface area contributed by atoms with Crippen LogP contribution < -0.4 is 11.5 Å². The molecule has 0 aliphatic rings. The third-order valence-electron chi connectivity index (χ3n) is 1.12. The van der Waals surface area contributed by atoms with Gasteiger partial charge >= 0.3 is 5.97 Å². The lowest BCUT2D eigenvalue weighted by atomic mass is 10.2. The first-order chi connectivity index (χ1) is 5.43. The van der Waals surface area contributed by atoms with Gasteiger partial charge in [0.15, 0.2) is 0 Å². The third-order valence-corrected chi connectivity index (χ3v) is 1.12. The van der Waals surface area contributed by atoms with Gasteiger partial charge in [-0.1, -0.05) is 0 Å². The van der Waals surface area contributed by atoms with Crippen LogP contribution >= 0.6 is 0 Å². The second-order valence-electron chi connectivity index (χ2n) is 2.62. The zero-order valence-electron chi connectivity index (χ0n) is 6.87. The SMILES string of the molecule is CC(N)C/C(N)=C/C(=N)C(=O)O. The van der Waals surface area contributed by atoms with E-state index in [1.54, 1.807) is 6.92 Å². The van der Waals surface area contributed by atoms with Crippen LogP contribution in [0.2, 0.25) is 0 Å². The zero-order valence-corrected chi connectivity index (χ0v) is 6.87. The second-order valence-corrected chi connectivity index (χ2v) is 2.62. The smallest absolute Gasteiger partial charge is 0.353 e. The van der Waals surface area contributed by atoms with Gasteiger partial charge in [-0.15, -0.1) is 0 Å². The van der Waals surface area contributed by atoms with E-state index in [4.69, 9.17) is 22.0 Å². The van der Waals surface area contributed by atoms with Crippen molar-refractivity contribution in [1.82, 2.24) is 0 Å². The molecule has 0 aromatic heterocycles. The summed E-state index contributed by atoms with van der Waals surface area (Å²) in [5.41, 5.74) is 10.6. The molecule has 0 aliphatic heterocycles. The van der Waals surface area contributed by atoms with Gasteiger partial charge in [-0.25, -0.2) is 4.79 Å². The molecule has 5 nitrogen and oxygen atoms in total. The Hall–Kier alpha value is -1.36. The van der Waals surface area contributed by atoms with Crippen molar-refractivity contribution in [3.8, 4) is 0 Å². The summed E-state index contributed by atoms with van der Waals surface area (Å²) in [6, 6.07) is -0.122. The molecule has 0 amide bonds. The maximum absolute atomic E-state index is 10.2. The molecule has 0 aromatic rings. The lowest BCUT2D eigenvalue weighted by Gasteiger charge is -2.03. The van der Waals surface area contributed by atoms with Crippen LogP contribution in [-0.2, 0) is 4.79 Å². The van der Waals surface area contributed by atoms with E-state index in [2.05, 4.69) is 0 Å². The zero-order chi connectivity index (χ0) is 9.72. The Balaban J connectivity index is 4.16. The molecule has 12 heavy (non-hydrogen) atoms. The van der Waals surface area contributed by atoms with Crippen LogP contribution in [0.25, 0.3) is 0 Å². The fraction of sp³-hybridized carbons (Fsp3) is 0.429. The Morgan fingerprint density at radius 3 is 2.58 bits per heavy atom. The highest BCUT2D eigenvalue weighted by Gasteiger charge is 2.04. The Kier molecular flexibility index (Phi) is 3.99. The maximum Gasteiger partial charge on any atom is 0.353 e. The van der Waals surface area contributed by atoms with Crippen molar-refractivity contribution in [2.75, 3.05) is 0 Å². The lowest BCUT2D eigenvalue weighted by molar-refractivity contribution is -0.129. The van der Waals surface area contributed by atoms with Crippen molar-refractivity contribution >= 4 is 11.7 Å². The fourth-order valence-electron chi connectivity index (χ4n) is 0.678. The van der Waals surface area contributed by atoms with E-state index < -0.39 is 11.7 Å². The van der Waals surface area contributed by atoms with Gasteiger partial charge in [0.25, 0.3) is 0 Å². The molecule has 0 rings (SSSR count). The normalized spacial score (nSPS) is 14.0. The number of nitrogens with one attached hydrogen (secondary N) is 1. The number of aliphatic carboxylic acids is 1. The summed E-state index contributed by atoms with van der Waals surface area (Å²) in [6.45, 7) is 1.76. The van der Waals surface area contributed by atoms with E-state index in [0.717, 1.165) is 6.08 Å². The molecule has 1 unspecified atom stereocenters. The highest BCUT2D eigenvalue weighted by molar-refractivity contribution is 6.39. The summed E-state index contributed by atoms with van der Waals surface area (Å²) in [7, 11) is 0. The standard InChI is InChI=1S/C7H13N3O2/c1-4(8)2-5(9)3-6(10)7(11)12/h3-4,10H,2,8-9H2,1H3,(H,11,12)/b5-3-,10-6?. The Morgan fingerprint density at radius 2 is 2.25 bits per heavy atom. The highest BCUT2D eigenvalue weighted by atomic mass is 16.4. The van der Waals surface area contributed by atoms with Crippen molar-refractivity contribution in [3.63, 3.8) is 0 Å². The molecule has 0 spiro atoms. The number of hydrogen-bond donors (Lipinski definition) is 4. The Bertz CT molecular complexity index is 221. The molecule has 6 N–H and O–H groups in total. The molecular weight excluding hydrogens is 158 g/mol. The van der Waals surface area contributed by atoms with E-state index in [1.165, 1.54) is 0 Å². The minimum Gasteiger partial charge on any atom is -0.477 e. The molecule has 0 aliphatic carbocycles. The molecule has 0 fully saturated rings. The maximum atomic E-state index is 10.2. The van der Waals surface area contributed by atoms with Crippen LogP contribution in [0.5, 0.6) is 0 Å². The van der Waals surface area contributed by atoms with Crippen LogP contribution in [0.1, 0.15) is 13.3 Å². The van der Waals surface area contributed by atoms with Crippen LogP contribution in [0.4, 0.5) is 0 Å². The summed E-state index contributed by atoms with van der Waals surface area (Å²) < 4.78 is 0. The topological polar surface area (TPSA) is 113 Å². The van der Waals surface area contributed by atoms with Gasteiger partial charge < -0.3 is 16.6 Å². The van der Waals surface area contributed by atoms with Gasteiger partial charge in [0.05, 0.1) is 0 Å². The Labute approximate surface area is 70.6 Å². The molecule has 0 radical (unpaired) electrons. The molecule has 5 heteroatoms. The molecule has 0 bridgehead atoms. The molecule has 0 aromatic carbocycles. The predicted octanol–water partition coefficient (Wildman–Crippen LogP) is -0.329. The summed E-state index contributed by atoms with van der Waals surface area (Å²) in [5, 5.41) is 15.2. The predicted molar refractivity (Wildman–Crippen MR) is 45.9 cm³/mol. The first-order valence-corrected chi connectivity index (χ1v) is 3.47. The number of hydrogen-bond acceptors (Lipinski definition) is 4. The van der Waals surface area contributed by atoms with Crippen LogP contribution in [0.15, 0.2) is 11.8 Å². The minimum atomic E-state index is -1.29. The summed E-state index contributed by atoms with van der Waals surface area (Å²) in [6.07, 6.45) is 1.50. The van der Waals surface area contributed by atoms with Crippen molar-refractivity contribution in [1.29, 1.82) is 5.41 Å². The van der Waals surface area contributed by atoms with Gasteiger partial charge in [0, 0.05) is 18.2 Å². The van der Waals surface area contributed by atoms with E-state index in [-0.39, 0.29) is 6.04 Å². The van der Waals surface area contributed by atoms with E-state index in [9.17, 15) is 4.79 Å². The molecule has 1 atom stereocenters. The summed E-state index contributed by atoms with van der Waals surface area (Å²) in [5.74, 6) is -1.29. The number of rotatable bonds is 4. The van der Waals surface area contributed by atoms with Crippen molar-refractivity contribution in [2.45, 2.75) is 19.4 Å². The molecular formula is C7H13N3O2. The largest absolute Gasteiger partial charge is 0.477 e. The second kappa shape index (κ2) is 4.50. The molecule has 0 saturated heterocycles. The van der Waals surface area contributed by atoms with Gasteiger partial charge in [0.2, 0.25) is 0 Å². The summed E-state index contributed by atoms with van der Waals surface area (Å²) in [4.78, 5) is 10.2. The Morgan fingerprint density at radius 1 is 1.75 bits per heavy atom. The van der Waals surface area contributed by atoms with Gasteiger partial charge in [-0.2, -0.15) is 0 Å². The van der Waals surface area contributed by atoms with Crippen LogP contribution in [-0.4, -0.2) is 22.8 Å². The van der Waals surface area contributed by atoms with Crippen molar-refractivity contribution < 1.29 is 9.90 Å².